The highest BCUT2D eigenvalue weighted by molar-refractivity contribution is 8.77. The van der Waals surface area contributed by atoms with Crippen LogP contribution in [0.4, 0.5) is 9.59 Å². The minimum atomic E-state index is -1.07. The monoisotopic (exact) mass is 1630 g/mol. The van der Waals surface area contributed by atoms with Gasteiger partial charge in [-0.15, -0.1) is 11.3 Å². The Morgan fingerprint density at radius 2 is 1.17 bits per heavy atom. The molecule has 9 unspecified atom stereocenters. The fourth-order valence-electron chi connectivity index (χ4n) is 11.6. The smallest absolute Gasteiger partial charge is 0.450 e. The number of aromatic nitrogens is 2. The van der Waals surface area contributed by atoms with E-state index < -0.39 is 41.2 Å². The van der Waals surface area contributed by atoms with Crippen molar-refractivity contribution in [3.05, 3.63) is 76.4 Å². The topological polar surface area (TPSA) is 230 Å². The molecule has 0 radical (unpaired) electrons. The standard InChI is InChI=1S/C27H44N2O5S.C22H36O3S2.C14H27ClO2.C13H28O.C7H9NOS2.2C2H6/c1-15-9-8-10-27(7)22(34-27)12-20(16(2)11-19-14-35-18(4)28-19)29-23(31)13-21(30)26(5,6)25(33)17(3)24(15)32;1-16(21(3,4)5)19(17(2)22(6,7)8)25-20(23)24-14-15-26-27-18-12-10-9-11-13-18;1-9(13(3,4)5)11(17-12(15)16)10(2)14(6,7)8;1-9(12(3,4)5)11(14)10(2)13(6,7)8;9-5-6-10-11-7-3-1-2-4-8-7;2*1-2/h11,14-15,17,20-22,24-25,30,32-33H,8-10,12-13H2,1-7H3,(H,29,31);9-13,16-17,19H,14-15H2,1-8H3;9-11H,1-8H3;9-11,14H,1-8H3;1-4,9H,5-6H2;2*1-2H3/b16-11+;;;;;;/t15-,17+,20?,21-,22?,24-,25?,27+;16-,17?,19?;2*9-,10?,11?;;;/m0111.../s1. The first-order valence-corrected chi connectivity index (χ1v) is 45.5. The van der Waals surface area contributed by atoms with E-state index in [9.17, 15) is 34.8 Å². The maximum Gasteiger partial charge on any atom is 0.508 e. The number of benzene rings is 1. The molecule has 2 aliphatic heterocycles. The van der Waals surface area contributed by atoms with E-state index in [1.807, 2.05) is 103 Å². The van der Waals surface area contributed by atoms with Crippen LogP contribution in [0.25, 0.3) is 6.08 Å². The van der Waals surface area contributed by atoms with Crippen LogP contribution in [0.5, 0.6) is 0 Å². The number of nitrogens with one attached hydrogen (secondary N) is 1. The molecular formula is C87H156ClN3O12S5. The van der Waals surface area contributed by atoms with Crippen LogP contribution >= 0.6 is 66.1 Å². The van der Waals surface area contributed by atoms with Crippen molar-refractivity contribution < 1.29 is 58.9 Å². The van der Waals surface area contributed by atoms with Gasteiger partial charge in [0.15, 0.2) is 0 Å². The number of aliphatic hydroxyl groups excluding tert-OH is 5. The second kappa shape index (κ2) is 50.0. The van der Waals surface area contributed by atoms with Gasteiger partial charge in [-0.05, 0) is 154 Å². The zero-order valence-corrected chi connectivity index (χ0v) is 78.7. The number of amides is 1. The van der Waals surface area contributed by atoms with Gasteiger partial charge in [0.25, 0.3) is 0 Å². The Hall–Kier alpha value is -2.60. The third-order valence-electron chi connectivity index (χ3n) is 22.2. The normalized spacial score (nSPS) is 23.4. The second-order valence-electron chi connectivity index (χ2n) is 36.6. The summed E-state index contributed by atoms with van der Waals surface area (Å²) in [6, 6.07) is 15.7. The van der Waals surface area contributed by atoms with Gasteiger partial charge in [-0.25, -0.2) is 19.6 Å². The molecule has 15 nitrogen and oxygen atoms in total. The van der Waals surface area contributed by atoms with Crippen LogP contribution in [0.3, 0.4) is 0 Å². The van der Waals surface area contributed by atoms with Gasteiger partial charge >= 0.3 is 11.6 Å². The van der Waals surface area contributed by atoms with E-state index in [1.54, 1.807) is 74.6 Å². The number of hydrogen-bond acceptors (Lipinski definition) is 19. The van der Waals surface area contributed by atoms with Crippen molar-refractivity contribution in [1.29, 1.82) is 0 Å². The van der Waals surface area contributed by atoms with Gasteiger partial charge < -0.3 is 49.8 Å². The van der Waals surface area contributed by atoms with E-state index in [0.29, 0.717) is 24.9 Å². The van der Waals surface area contributed by atoms with Crippen LogP contribution in [-0.4, -0.2) is 132 Å². The minimum Gasteiger partial charge on any atom is -0.450 e. The van der Waals surface area contributed by atoms with Crippen molar-refractivity contribution in [3.8, 4) is 0 Å². The summed E-state index contributed by atoms with van der Waals surface area (Å²) in [6.07, 6.45) is 3.09. The van der Waals surface area contributed by atoms with Crippen molar-refractivity contribution in [2.75, 3.05) is 24.7 Å². The molecule has 0 spiro atoms. The number of epoxide rings is 1. The van der Waals surface area contributed by atoms with E-state index in [4.69, 9.17) is 35.7 Å². The van der Waals surface area contributed by atoms with Gasteiger partial charge in [-0.3, -0.25) is 4.79 Å². The molecule has 3 aromatic rings. The van der Waals surface area contributed by atoms with Gasteiger partial charge in [0.05, 0.1) is 65.9 Å². The summed E-state index contributed by atoms with van der Waals surface area (Å²) in [6.45, 7) is 74.0. The van der Waals surface area contributed by atoms with Crippen LogP contribution in [0.1, 0.15) is 278 Å². The van der Waals surface area contributed by atoms with Gasteiger partial charge in [-0.1, -0.05) is 285 Å². The molecule has 17 atom stereocenters. The summed E-state index contributed by atoms with van der Waals surface area (Å²) < 4.78 is 22.6. The van der Waals surface area contributed by atoms with Crippen molar-refractivity contribution in [2.45, 2.75) is 339 Å². The number of aliphatic hydroxyl groups is 5. The Labute approximate surface area is 684 Å². The molecule has 0 saturated carbocycles. The highest BCUT2D eigenvalue weighted by Crippen LogP contribution is 2.46. The first kappa shape index (κ1) is 107. The summed E-state index contributed by atoms with van der Waals surface area (Å²) in [5, 5.41) is 58.8. The summed E-state index contributed by atoms with van der Waals surface area (Å²) >= 11 is 6.99. The predicted octanol–water partition coefficient (Wildman–Crippen LogP) is 23.8. The van der Waals surface area contributed by atoms with Crippen molar-refractivity contribution in [3.63, 3.8) is 0 Å². The lowest BCUT2D eigenvalue weighted by atomic mass is 9.69. The zero-order chi connectivity index (χ0) is 84.5. The molecule has 6 N–H and O–H groups in total. The fourth-order valence-corrected chi connectivity index (χ4v) is 15.8. The Kier molecular flexibility index (Phi) is 49.8. The quantitative estimate of drug-likeness (QED) is 0.0215. The minimum absolute atomic E-state index is 0.00379. The number of thiazole rings is 1. The highest BCUT2D eigenvalue weighted by Gasteiger charge is 2.53. The molecule has 0 aliphatic carbocycles. The number of halogens is 1. The number of ether oxygens (including phenoxy) is 4. The molecule has 5 rings (SSSR count). The lowest BCUT2D eigenvalue weighted by Gasteiger charge is -2.41. The summed E-state index contributed by atoms with van der Waals surface area (Å²) in [4.78, 5) is 46.2. The Morgan fingerprint density at radius 1 is 0.704 bits per heavy atom. The average Bonchev–Trinajstić information content (AvgIpc) is 1.61. The first-order valence-electron chi connectivity index (χ1n) is 39.6. The molecule has 2 fully saturated rings. The molecule has 2 aliphatic rings. The van der Waals surface area contributed by atoms with Crippen LogP contribution < -0.4 is 5.32 Å². The number of pyridine rings is 1. The third kappa shape index (κ3) is 40.6. The summed E-state index contributed by atoms with van der Waals surface area (Å²) in [5.74, 6) is 2.37. The molecule has 2 saturated heterocycles. The van der Waals surface area contributed by atoms with Gasteiger partial charge in [0.1, 0.15) is 23.8 Å². The highest BCUT2D eigenvalue weighted by atomic mass is 35.5. The zero-order valence-electron chi connectivity index (χ0n) is 73.9. The molecule has 1 amide bonds. The number of rotatable bonds is 19. The SMILES string of the molecule is C/C(=C\c1csc(C)n1)C1CC2O[C@]2(C)CCC[C@H](C)[C@H](O)[C@@H](C)C(O)C(C)(C)[C@@H](O)CC(=O)N1.CC.CC.CC(C(O)[C@@H](C)C(C)(C)C)C(C)(C)C.CC(C(OC(=O)Cl)[C@@H](C)C(C)(C)C)C(C)(C)C.CC(C(OC(=O)OCCSSc1ccccc1)[C@@H](C)C(C)(C)C)C(C)(C)C.OCCSSc1ccccn1. The number of hydrogen-bond donors (Lipinski definition) is 6. The fraction of sp³-hybridized carbons (Fsp3) is 0.782. The van der Waals surface area contributed by atoms with E-state index >= 15 is 0 Å². The van der Waals surface area contributed by atoms with Gasteiger partial charge in [0, 0.05) is 57.3 Å². The maximum absolute atomic E-state index is 13.1. The molecule has 21 heteroatoms. The van der Waals surface area contributed by atoms with Crippen LogP contribution in [0.2, 0.25) is 0 Å². The second-order valence-corrected chi connectivity index (χ2v) is 42.9. The van der Waals surface area contributed by atoms with Crippen LogP contribution in [0.15, 0.2) is 75.6 Å². The van der Waals surface area contributed by atoms with Crippen molar-refractivity contribution in [1.82, 2.24) is 15.3 Å². The predicted molar refractivity (Wildman–Crippen MR) is 466 cm³/mol. The third-order valence-corrected chi connectivity index (χ3v) is 27.7. The molecule has 0 bridgehead atoms. The molecule has 4 heterocycles. The number of carbonyl (C=O) groups excluding carboxylic acids is 3. The van der Waals surface area contributed by atoms with Crippen LogP contribution in [0, 0.1) is 92.2 Å². The number of carbonyl (C=O) groups is 3. The first-order chi connectivity index (χ1) is 49.4. The maximum atomic E-state index is 13.1. The average molecular weight is 1630 g/mol. The molecule has 2 aromatic heterocycles. The van der Waals surface area contributed by atoms with E-state index in [0.717, 1.165) is 52.1 Å². The number of aryl methyl sites for hydroxylation is 1. The Balaban J connectivity index is 0. The number of nitrogens with zero attached hydrogens (tertiary/aromatic N) is 2. The Morgan fingerprint density at radius 3 is 1.59 bits per heavy atom. The van der Waals surface area contributed by atoms with Gasteiger partial charge in [0.2, 0.25) is 5.91 Å². The van der Waals surface area contributed by atoms with Crippen molar-refractivity contribution in [2.24, 2.45) is 85.2 Å². The Bertz CT molecular complexity index is 2900. The lowest BCUT2D eigenvalue weighted by Crippen LogP contribution is -2.50. The summed E-state index contributed by atoms with van der Waals surface area (Å²) in [7, 11) is 6.56. The van der Waals surface area contributed by atoms with E-state index in [2.05, 4.69) is 201 Å². The largest absolute Gasteiger partial charge is 0.508 e. The van der Waals surface area contributed by atoms with E-state index in [-0.39, 0.29) is 117 Å². The lowest BCUT2D eigenvalue weighted by molar-refractivity contribution is -0.132. The van der Waals surface area contributed by atoms with Crippen molar-refractivity contribution >= 4 is 89.7 Å². The molecule has 1 aromatic carbocycles. The molecular weight excluding hydrogens is 1470 g/mol. The number of fused-ring (bicyclic) bond motifs is 1. The van der Waals surface area contributed by atoms with Crippen LogP contribution in [-0.2, 0) is 23.7 Å². The van der Waals surface area contributed by atoms with E-state index in [1.165, 1.54) is 4.90 Å². The summed E-state index contributed by atoms with van der Waals surface area (Å²) in [5.41, 5.74) is 0.560. The molecule has 108 heavy (non-hydrogen) atoms. The molecule has 628 valence electrons. The van der Waals surface area contributed by atoms with Gasteiger partial charge in [-0.2, -0.15) is 0 Å².